The van der Waals surface area contributed by atoms with E-state index in [0.717, 1.165) is 28.9 Å². The van der Waals surface area contributed by atoms with Gasteiger partial charge in [0.25, 0.3) is 0 Å². The first-order valence-electron chi connectivity index (χ1n) is 8.44. The first-order chi connectivity index (χ1) is 12.5. The van der Waals surface area contributed by atoms with Gasteiger partial charge in [0.05, 0.1) is 18.3 Å². The number of fused-ring (bicyclic) bond motifs is 1. The number of nitrogens with zero attached hydrogens (tertiary/aromatic N) is 3. The van der Waals surface area contributed by atoms with Gasteiger partial charge in [0.2, 0.25) is 0 Å². The Morgan fingerprint density at radius 2 is 2.08 bits per heavy atom. The third kappa shape index (κ3) is 2.99. The number of ether oxygens (including phenoxy) is 1. The highest BCUT2D eigenvalue weighted by molar-refractivity contribution is 5.99. The van der Waals surface area contributed by atoms with Gasteiger partial charge in [-0.25, -0.2) is 18.7 Å². The van der Waals surface area contributed by atoms with Crippen molar-refractivity contribution in [3.05, 3.63) is 59.7 Å². The van der Waals surface area contributed by atoms with E-state index in [4.69, 9.17) is 4.74 Å². The molecule has 1 fully saturated rings. The molecule has 0 N–H and O–H groups in total. The highest BCUT2D eigenvalue weighted by Crippen LogP contribution is 2.26. The normalized spacial score (nSPS) is 20.0. The topological polar surface area (TPSA) is 57.0 Å². The van der Waals surface area contributed by atoms with Gasteiger partial charge >= 0.3 is 0 Å². The largest absolute Gasteiger partial charge is 0.365 e. The number of halogens is 2. The van der Waals surface area contributed by atoms with Gasteiger partial charge in [0.1, 0.15) is 18.1 Å². The Bertz CT molecular complexity index is 986. The number of Topliss-reactive ketones (excluding diaryl/α,β-unsaturated/α-hetero) is 1. The molecule has 0 saturated carbocycles. The Hall–Kier alpha value is -2.67. The van der Waals surface area contributed by atoms with E-state index in [1.165, 1.54) is 12.4 Å². The van der Waals surface area contributed by atoms with E-state index in [2.05, 4.69) is 9.97 Å². The van der Waals surface area contributed by atoms with Crippen LogP contribution in [0.1, 0.15) is 28.9 Å². The second kappa shape index (κ2) is 6.57. The van der Waals surface area contributed by atoms with E-state index in [0.29, 0.717) is 19.4 Å². The van der Waals surface area contributed by atoms with Gasteiger partial charge in [-0.05, 0) is 44.0 Å². The van der Waals surface area contributed by atoms with Crippen molar-refractivity contribution in [2.45, 2.75) is 38.5 Å². The molecule has 1 aliphatic rings. The molecule has 3 aromatic rings. The Kier molecular flexibility index (Phi) is 4.24. The van der Waals surface area contributed by atoms with Crippen molar-refractivity contribution in [3.63, 3.8) is 0 Å². The van der Waals surface area contributed by atoms with Crippen molar-refractivity contribution in [1.82, 2.24) is 14.5 Å². The number of hydrogen-bond acceptors (Lipinski definition) is 4. The zero-order valence-electron chi connectivity index (χ0n) is 14.2. The lowest BCUT2D eigenvalue weighted by atomic mass is 10.0. The lowest BCUT2D eigenvalue weighted by molar-refractivity contribution is 0.0321. The number of carbonyl (C=O) groups excluding carboxylic acids is 1. The summed E-state index contributed by atoms with van der Waals surface area (Å²) in [5.74, 6) is -2.32. The summed E-state index contributed by atoms with van der Waals surface area (Å²) in [5, 5.41) is 0.986. The first kappa shape index (κ1) is 16.8. The molecule has 1 aliphatic heterocycles. The first-order valence-corrected chi connectivity index (χ1v) is 8.44. The average molecular weight is 357 g/mol. The summed E-state index contributed by atoms with van der Waals surface area (Å²) in [4.78, 5) is 21.0. The monoisotopic (exact) mass is 357 g/mol. The average Bonchev–Trinajstić information content (AvgIpc) is 3.26. The van der Waals surface area contributed by atoms with Crippen molar-refractivity contribution in [2.24, 2.45) is 0 Å². The second-order valence-corrected chi connectivity index (χ2v) is 6.48. The fourth-order valence-electron chi connectivity index (χ4n) is 3.37. The maximum absolute atomic E-state index is 13.4. The Morgan fingerprint density at radius 1 is 1.23 bits per heavy atom. The SMILES string of the molecule is Cc1ncnc2c1ccn2CC1CC[C@@H](C(=O)c2ccc(F)c(F)c2)O1. The van der Waals surface area contributed by atoms with E-state index < -0.39 is 17.7 Å². The fourth-order valence-corrected chi connectivity index (χ4v) is 3.37. The number of rotatable bonds is 4. The molecule has 0 aliphatic carbocycles. The minimum atomic E-state index is -1.03. The maximum atomic E-state index is 13.4. The minimum absolute atomic E-state index is 0.129. The van der Waals surface area contributed by atoms with Crippen molar-refractivity contribution in [1.29, 1.82) is 0 Å². The van der Waals surface area contributed by atoms with Crippen LogP contribution in [-0.4, -0.2) is 32.5 Å². The van der Waals surface area contributed by atoms with Gasteiger partial charge in [-0.1, -0.05) is 0 Å². The van der Waals surface area contributed by atoms with Crippen LogP contribution >= 0.6 is 0 Å². The highest BCUT2D eigenvalue weighted by Gasteiger charge is 2.32. The van der Waals surface area contributed by atoms with Gasteiger partial charge in [-0.15, -0.1) is 0 Å². The Morgan fingerprint density at radius 3 is 2.88 bits per heavy atom. The summed E-state index contributed by atoms with van der Waals surface area (Å²) in [5.41, 5.74) is 1.87. The fraction of sp³-hybridized carbons (Fsp3) is 0.316. The zero-order valence-corrected chi connectivity index (χ0v) is 14.2. The summed E-state index contributed by atoms with van der Waals surface area (Å²) in [6, 6.07) is 5.14. The van der Waals surface area contributed by atoms with Crippen LogP contribution in [0.5, 0.6) is 0 Å². The number of aromatic nitrogens is 3. The summed E-state index contributed by atoms with van der Waals surface area (Å²) in [7, 11) is 0. The molecule has 2 atom stereocenters. The molecule has 5 nitrogen and oxygen atoms in total. The molecule has 3 heterocycles. The summed E-state index contributed by atoms with van der Waals surface area (Å²) >= 11 is 0. The lowest BCUT2D eigenvalue weighted by Gasteiger charge is -2.14. The number of aryl methyl sites for hydroxylation is 1. The van der Waals surface area contributed by atoms with E-state index in [9.17, 15) is 13.6 Å². The summed E-state index contributed by atoms with van der Waals surface area (Å²) in [6.07, 6.45) is 3.95. The quantitative estimate of drug-likeness (QED) is 0.671. The van der Waals surface area contributed by atoms with Crippen LogP contribution in [0.2, 0.25) is 0 Å². The van der Waals surface area contributed by atoms with E-state index in [1.54, 1.807) is 0 Å². The van der Waals surface area contributed by atoms with Crippen molar-refractivity contribution < 1.29 is 18.3 Å². The lowest BCUT2D eigenvalue weighted by Crippen LogP contribution is -2.23. The third-order valence-corrected chi connectivity index (χ3v) is 4.76. The maximum Gasteiger partial charge on any atom is 0.191 e. The number of hydrogen-bond donors (Lipinski definition) is 0. The van der Waals surface area contributed by atoms with Crippen LogP contribution in [0.25, 0.3) is 11.0 Å². The molecule has 134 valence electrons. The molecule has 4 rings (SSSR count). The van der Waals surface area contributed by atoms with E-state index >= 15 is 0 Å². The van der Waals surface area contributed by atoms with Crippen molar-refractivity contribution in [2.75, 3.05) is 0 Å². The van der Waals surface area contributed by atoms with Crippen LogP contribution in [0.3, 0.4) is 0 Å². The second-order valence-electron chi connectivity index (χ2n) is 6.48. The van der Waals surface area contributed by atoms with Crippen LogP contribution < -0.4 is 0 Å². The van der Waals surface area contributed by atoms with Crippen LogP contribution in [0, 0.1) is 18.6 Å². The molecule has 26 heavy (non-hydrogen) atoms. The third-order valence-electron chi connectivity index (χ3n) is 4.76. The molecule has 2 aromatic heterocycles. The van der Waals surface area contributed by atoms with Crippen LogP contribution in [0.15, 0.2) is 36.8 Å². The van der Waals surface area contributed by atoms with Crippen LogP contribution in [0.4, 0.5) is 8.78 Å². The number of ketones is 1. The van der Waals surface area contributed by atoms with Gasteiger partial charge in [-0.2, -0.15) is 0 Å². The van der Waals surface area contributed by atoms with Crippen molar-refractivity contribution in [3.8, 4) is 0 Å². The smallest absolute Gasteiger partial charge is 0.191 e. The Balaban J connectivity index is 1.47. The van der Waals surface area contributed by atoms with Gasteiger partial charge < -0.3 is 9.30 Å². The van der Waals surface area contributed by atoms with Gasteiger partial charge in [-0.3, -0.25) is 4.79 Å². The molecule has 0 bridgehead atoms. The summed E-state index contributed by atoms with van der Waals surface area (Å²) in [6.45, 7) is 2.50. The zero-order chi connectivity index (χ0) is 18.3. The molecule has 1 saturated heterocycles. The van der Waals surface area contributed by atoms with Crippen LogP contribution in [-0.2, 0) is 11.3 Å². The molecule has 0 radical (unpaired) electrons. The molecule has 0 amide bonds. The minimum Gasteiger partial charge on any atom is -0.365 e. The van der Waals surface area contributed by atoms with E-state index in [1.807, 2.05) is 23.8 Å². The van der Waals surface area contributed by atoms with Gasteiger partial charge in [0, 0.05) is 17.1 Å². The predicted molar refractivity (Wildman–Crippen MR) is 90.8 cm³/mol. The Labute approximate surface area is 148 Å². The number of carbonyl (C=O) groups is 1. The molecule has 1 aromatic carbocycles. The van der Waals surface area contributed by atoms with E-state index in [-0.39, 0.29) is 17.5 Å². The summed E-state index contributed by atoms with van der Waals surface area (Å²) < 4.78 is 34.2. The number of benzene rings is 1. The standard InChI is InChI=1S/C19H17F2N3O2/c1-11-14-6-7-24(19(14)23-10-22-11)9-13-3-5-17(26-13)18(25)12-2-4-15(20)16(21)8-12/h2,4,6-8,10,13,17H,3,5,9H2,1H3/t13?,17-/m0/s1. The molecule has 1 unspecified atom stereocenters. The highest BCUT2D eigenvalue weighted by atomic mass is 19.2. The molecular formula is C19H17F2N3O2. The molecule has 7 heteroatoms. The predicted octanol–water partition coefficient (Wildman–Crippen LogP) is 3.45. The van der Waals surface area contributed by atoms with Gasteiger partial charge in [0.15, 0.2) is 17.4 Å². The molecular weight excluding hydrogens is 340 g/mol. The van der Waals surface area contributed by atoms with Crippen molar-refractivity contribution >= 4 is 16.8 Å². The molecule has 0 spiro atoms.